The number of aryl methyl sites for hydroxylation is 2. The first-order valence-electron chi connectivity index (χ1n) is 6.05. The van der Waals surface area contributed by atoms with E-state index < -0.39 is 6.10 Å². The first-order chi connectivity index (χ1) is 8.20. The highest BCUT2D eigenvalue weighted by atomic mass is 16.3. The molecular weight excluding hydrogens is 214 g/mol. The number of nitrogens with zero attached hydrogens (tertiary/aromatic N) is 2. The molecule has 2 rings (SSSR count). The van der Waals surface area contributed by atoms with E-state index >= 15 is 0 Å². The molecule has 1 atom stereocenters. The summed E-state index contributed by atoms with van der Waals surface area (Å²) in [4.78, 5) is 4.51. The van der Waals surface area contributed by atoms with E-state index in [9.17, 15) is 5.11 Å². The van der Waals surface area contributed by atoms with Crippen LogP contribution in [-0.2, 0) is 12.8 Å². The molecule has 1 unspecified atom stereocenters. The third kappa shape index (κ3) is 2.75. The van der Waals surface area contributed by atoms with Crippen LogP contribution in [0, 0.1) is 11.3 Å². The minimum absolute atomic E-state index is 0.417. The quantitative estimate of drug-likeness (QED) is 0.829. The molecule has 0 bridgehead atoms. The van der Waals surface area contributed by atoms with Crippen molar-refractivity contribution in [2.45, 2.75) is 38.7 Å². The minimum atomic E-state index is -0.445. The summed E-state index contributed by atoms with van der Waals surface area (Å²) in [6.45, 7) is 2.12. The molecule has 1 aromatic rings. The summed E-state index contributed by atoms with van der Waals surface area (Å²) in [5.41, 5.74) is 2.88. The van der Waals surface area contributed by atoms with E-state index in [4.69, 9.17) is 5.26 Å². The van der Waals surface area contributed by atoms with Crippen LogP contribution in [0.2, 0.25) is 0 Å². The molecule has 4 nitrogen and oxygen atoms in total. The minimum Gasteiger partial charge on any atom is -0.392 e. The molecule has 0 saturated heterocycles. The summed E-state index contributed by atoms with van der Waals surface area (Å²) in [6, 6.07) is 4.10. The first-order valence-corrected chi connectivity index (χ1v) is 6.05. The third-order valence-electron chi connectivity index (χ3n) is 2.99. The number of rotatable bonds is 3. The van der Waals surface area contributed by atoms with E-state index in [1.165, 1.54) is 18.4 Å². The number of pyridine rings is 1. The van der Waals surface area contributed by atoms with Gasteiger partial charge in [-0.05, 0) is 44.2 Å². The first kappa shape index (κ1) is 11.9. The van der Waals surface area contributed by atoms with Crippen LogP contribution < -0.4 is 5.32 Å². The highest BCUT2D eigenvalue weighted by molar-refractivity contribution is 5.54. The van der Waals surface area contributed by atoms with Gasteiger partial charge in [0.15, 0.2) is 0 Å². The van der Waals surface area contributed by atoms with Crippen molar-refractivity contribution in [3.05, 3.63) is 22.9 Å². The van der Waals surface area contributed by atoms with Crippen molar-refractivity contribution in [2.75, 3.05) is 11.9 Å². The Labute approximate surface area is 101 Å². The number of aliphatic hydroxyl groups excluding tert-OH is 1. The zero-order chi connectivity index (χ0) is 12.3. The maximum Gasteiger partial charge on any atom is 0.144 e. The van der Waals surface area contributed by atoms with Gasteiger partial charge >= 0.3 is 0 Å². The predicted molar refractivity (Wildman–Crippen MR) is 65.8 cm³/mol. The molecule has 4 heteroatoms. The Morgan fingerprint density at radius 1 is 1.53 bits per heavy atom. The number of anilines is 1. The zero-order valence-electron chi connectivity index (χ0n) is 10.0. The molecule has 17 heavy (non-hydrogen) atoms. The van der Waals surface area contributed by atoms with Crippen LogP contribution in [0.3, 0.4) is 0 Å². The summed E-state index contributed by atoms with van der Waals surface area (Å²) in [6.07, 6.45) is 3.92. The average molecular weight is 231 g/mol. The Kier molecular flexibility index (Phi) is 3.60. The van der Waals surface area contributed by atoms with Crippen LogP contribution in [0.5, 0.6) is 0 Å². The second-order valence-electron chi connectivity index (χ2n) is 4.54. The van der Waals surface area contributed by atoms with Gasteiger partial charge in [0, 0.05) is 12.2 Å². The Hall–Kier alpha value is -1.60. The normalized spacial score (nSPS) is 15.8. The SMILES string of the molecule is CC(O)CNc1nc2c(cc1C#N)CCCC2. The number of fused-ring (bicyclic) bond motifs is 1. The lowest BCUT2D eigenvalue weighted by Crippen LogP contribution is -2.18. The molecule has 0 saturated carbocycles. The maximum absolute atomic E-state index is 9.24. The van der Waals surface area contributed by atoms with Gasteiger partial charge in [0.1, 0.15) is 11.9 Å². The van der Waals surface area contributed by atoms with Gasteiger partial charge in [-0.2, -0.15) is 5.26 Å². The molecule has 0 fully saturated rings. The number of nitrogens with one attached hydrogen (secondary N) is 1. The number of nitriles is 1. The van der Waals surface area contributed by atoms with E-state index in [1.54, 1.807) is 6.92 Å². The Bertz CT molecular complexity index is 449. The molecule has 1 aromatic heterocycles. The number of aromatic nitrogens is 1. The Morgan fingerprint density at radius 2 is 2.29 bits per heavy atom. The second-order valence-corrected chi connectivity index (χ2v) is 4.54. The second kappa shape index (κ2) is 5.15. The van der Waals surface area contributed by atoms with Crippen molar-refractivity contribution in [1.82, 2.24) is 4.98 Å². The summed E-state index contributed by atoms with van der Waals surface area (Å²) in [5, 5.41) is 21.4. The van der Waals surface area contributed by atoms with E-state index in [0.717, 1.165) is 18.5 Å². The molecule has 0 aliphatic heterocycles. The largest absolute Gasteiger partial charge is 0.392 e. The lowest BCUT2D eigenvalue weighted by molar-refractivity contribution is 0.208. The molecule has 2 N–H and O–H groups in total. The average Bonchev–Trinajstić information content (AvgIpc) is 2.35. The number of hydrogen-bond acceptors (Lipinski definition) is 4. The van der Waals surface area contributed by atoms with Gasteiger partial charge in [-0.1, -0.05) is 0 Å². The van der Waals surface area contributed by atoms with E-state index in [0.29, 0.717) is 17.9 Å². The maximum atomic E-state index is 9.24. The summed E-state index contributed by atoms with van der Waals surface area (Å²) >= 11 is 0. The number of hydrogen-bond donors (Lipinski definition) is 2. The standard InChI is InChI=1S/C13H17N3O/c1-9(17)8-15-13-11(7-14)6-10-4-2-3-5-12(10)16-13/h6,9,17H,2-5,8H2,1H3,(H,15,16). The van der Waals surface area contributed by atoms with Crippen molar-refractivity contribution in [1.29, 1.82) is 5.26 Å². The molecule has 1 heterocycles. The fraction of sp³-hybridized carbons (Fsp3) is 0.538. The third-order valence-corrected chi connectivity index (χ3v) is 2.99. The Balaban J connectivity index is 2.27. The van der Waals surface area contributed by atoms with Crippen LogP contribution in [0.1, 0.15) is 36.6 Å². The molecule has 0 aromatic carbocycles. The van der Waals surface area contributed by atoms with E-state index in [2.05, 4.69) is 16.4 Å². The predicted octanol–water partition coefficient (Wildman–Crippen LogP) is 1.62. The molecule has 1 aliphatic carbocycles. The molecule has 90 valence electrons. The van der Waals surface area contributed by atoms with Gasteiger partial charge in [0.25, 0.3) is 0 Å². The highest BCUT2D eigenvalue weighted by Crippen LogP contribution is 2.24. The van der Waals surface area contributed by atoms with Gasteiger partial charge in [-0.25, -0.2) is 4.98 Å². The Morgan fingerprint density at radius 3 is 3.00 bits per heavy atom. The van der Waals surface area contributed by atoms with Gasteiger partial charge in [-0.3, -0.25) is 0 Å². The fourth-order valence-electron chi connectivity index (χ4n) is 2.10. The van der Waals surface area contributed by atoms with Crippen molar-refractivity contribution < 1.29 is 5.11 Å². The monoisotopic (exact) mass is 231 g/mol. The van der Waals surface area contributed by atoms with Gasteiger partial charge < -0.3 is 10.4 Å². The van der Waals surface area contributed by atoms with Crippen LogP contribution in [0.15, 0.2) is 6.07 Å². The van der Waals surface area contributed by atoms with Gasteiger partial charge in [-0.15, -0.1) is 0 Å². The fourth-order valence-corrected chi connectivity index (χ4v) is 2.10. The zero-order valence-corrected chi connectivity index (χ0v) is 10.0. The van der Waals surface area contributed by atoms with Crippen LogP contribution in [0.25, 0.3) is 0 Å². The van der Waals surface area contributed by atoms with Crippen molar-refractivity contribution in [2.24, 2.45) is 0 Å². The smallest absolute Gasteiger partial charge is 0.144 e. The molecule has 0 spiro atoms. The van der Waals surface area contributed by atoms with Gasteiger partial charge in [0.2, 0.25) is 0 Å². The summed E-state index contributed by atoms with van der Waals surface area (Å²) in [5.74, 6) is 0.606. The van der Waals surface area contributed by atoms with Crippen molar-refractivity contribution >= 4 is 5.82 Å². The summed E-state index contributed by atoms with van der Waals surface area (Å²) < 4.78 is 0. The molecule has 1 aliphatic rings. The lowest BCUT2D eigenvalue weighted by atomic mass is 9.95. The van der Waals surface area contributed by atoms with E-state index in [-0.39, 0.29) is 0 Å². The topological polar surface area (TPSA) is 68.9 Å². The highest BCUT2D eigenvalue weighted by Gasteiger charge is 2.15. The van der Waals surface area contributed by atoms with Gasteiger partial charge in [0.05, 0.1) is 11.7 Å². The van der Waals surface area contributed by atoms with Crippen LogP contribution >= 0.6 is 0 Å². The van der Waals surface area contributed by atoms with Crippen molar-refractivity contribution in [3.63, 3.8) is 0 Å². The lowest BCUT2D eigenvalue weighted by Gasteiger charge is -2.17. The van der Waals surface area contributed by atoms with Crippen molar-refractivity contribution in [3.8, 4) is 6.07 Å². The molecular formula is C13H17N3O. The number of aliphatic hydroxyl groups is 1. The van der Waals surface area contributed by atoms with Crippen LogP contribution in [-0.4, -0.2) is 22.7 Å². The summed E-state index contributed by atoms with van der Waals surface area (Å²) in [7, 11) is 0. The van der Waals surface area contributed by atoms with E-state index in [1.807, 2.05) is 6.07 Å². The molecule has 0 amide bonds. The molecule has 0 radical (unpaired) electrons. The van der Waals surface area contributed by atoms with Crippen LogP contribution in [0.4, 0.5) is 5.82 Å².